The molecule has 0 aromatic heterocycles. The fraction of sp³-hybridized carbons (Fsp3) is 1.00. The first-order valence-corrected chi connectivity index (χ1v) is 7.37. The van der Waals surface area contributed by atoms with Crippen LogP contribution in [0.1, 0.15) is 39.5 Å². The minimum Gasteiger partial charge on any atom is -0.377 e. The van der Waals surface area contributed by atoms with Gasteiger partial charge in [-0.2, -0.15) is 0 Å². The lowest BCUT2D eigenvalue weighted by molar-refractivity contribution is -0.0118. The van der Waals surface area contributed by atoms with Crippen molar-refractivity contribution in [3.05, 3.63) is 0 Å². The molecule has 0 spiro atoms. The predicted molar refractivity (Wildman–Crippen MR) is 71.3 cm³/mol. The van der Waals surface area contributed by atoms with Crippen molar-refractivity contribution in [2.24, 2.45) is 5.92 Å². The van der Waals surface area contributed by atoms with E-state index in [4.69, 9.17) is 4.74 Å². The van der Waals surface area contributed by atoms with Crippen LogP contribution in [0.25, 0.3) is 0 Å². The Labute approximate surface area is 106 Å². The molecule has 1 N–H and O–H groups in total. The van der Waals surface area contributed by atoms with Gasteiger partial charge in [-0.15, -0.1) is 0 Å². The molecule has 0 aromatic rings. The molecule has 17 heavy (non-hydrogen) atoms. The summed E-state index contributed by atoms with van der Waals surface area (Å²) in [6.45, 7) is 10.3. The molecule has 3 atom stereocenters. The summed E-state index contributed by atoms with van der Waals surface area (Å²) < 4.78 is 5.84. The highest BCUT2D eigenvalue weighted by Gasteiger charge is 2.25. The van der Waals surface area contributed by atoms with Crippen molar-refractivity contribution in [1.82, 2.24) is 10.2 Å². The molecule has 2 heterocycles. The third kappa shape index (κ3) is 3.94. The average Bonchev–Trinajstić information content (AvgIpc) is 2.39. The van der Waals surface area contributed by atoms with Gasteiger partial charge in [-0.3, -0.25) is 4.90 Å². The van der Waals surface area contributed by atoms with Gasteiger partial charge < -0.3 is 10.1 Å². The van der Waals surface area contributed by atoms with E-state index in [1.807, 2.05) is 0 Å². The Hall–Kier alpha value is -0.120. The lowest BCUT2D eigenvalue weighted by Crippen LogP contribution is -2.54. The van der Waals surface area contributed by atoms with Crippen molar-refractivity contribution in [2.45, 2.75) is 51.7 Å². The fourth-order valence-electron chi connectivity index (χ4n) is 2.91. The van der Waals surface area contributed by atoms with Gasteiger partial charge in [0.25, 0.3) is 0 Å². The molecule has 0 radical (unpaired) electrons. The van der Waals surface area contributed by atoms with Crippen molar-refractivity contribution in [2.75, 3.05) is 32.8 Å². The number of hydrogen-bond donors (Lipinski definition) is 1. The first-order chi connectivity index (χ1) is 8.29. The fourth-order valence-corrected chi connectivity index (χ4v) is 2.91. The zero-order valence-corrected chi connectivity index (χ0v) is 11.5. The molecule has 0 aromatic carbocycles. The molecule has 0 aliphatic carbocycles. The number of rotatable bonds is 4. The van der Waals surface area contributed by atoms with Crippen LogP contribution in [0.3, 0.4) is 0 Å². The molecule has 3 heteroatoms. The maximum atomic E-state index is 5.84. The highest BCUT2D eigenvalue weighted by atomic mass is 16.5. The number of hydrogen-bond acceptors (Lipinski definition) is 3. The van der Waals surface area contributed by atoms with Gasteiger partial charge in [-0.05, 0) is 25.2 Å². The van der Waals surface area contributed by atoms with E-state index >= 15 is 0 Å². The summed E-state index contributed by atoms with van der Waals surface area (Å²) in [4.78, 5) is 2.60. The summed E-state index contributed by atoms with van der Waals surface area (Å²) in [6.07, 6.45) is 5.64. The molecule has 0 amide bonds. The van der Waals surface area contributed by atoms with Crippen molar-refractivity contribution in [1.29, 1.82) is 0 Å². The van der Waals surface area contributed by atoms with E-state index in [2.05, 4.69) is 24.1 Å². The van der Waals surface area contributed by atoms with Crippen LogP contribution in [0.5, 0.6) is 0 Å². The van der Waals surface area contributed by atoms with Gasteiger partial charge in [0.1, 0.15) is 0 Å². The molecule has 100 valence electrons. The largest absolute Gasteiger partial charge is 0.377 e. The molecule has 2 fully saturated rings. The summed E-state index contributed by atoms with van der Waals surface area (Å²) in [5.74, 6) is 0.782. The molecule has 2 aliphatic heterocycles. The number of piperazine rings is 1. The summed E-state index contributed by atoms with van der Waals surface area (Å²) in [6, 6.07) is 0.678. The Morgan fingerprint density at radius 3 is 3.00 bits per heavy atom. The smallest absolute Gasteiger partial charge is 0.0702 e. The predicted octanol–water partition coefficient (Wildman–Crippen LogP) is 1.88. The summed E-state index contributed by atoms with van der Waals surface area (Å²) in [5.41, 5.74) is 0. The van der Waals surface area contributed by atoms with E-state index < -0.39 is 0 Å². The van der Waals surface area contributed by atoms with Crippen LogP contribution in [0, 0.1) is 5.92 Å². The van der Waals surface area contributed by atoms with Crippen LogP contribution in [-0.4, -0.2) is 49.8 Å². The zero-order valence-electron chi connectivity index (χ0n) is 11.5. The minimum atomic E-state index is 0.499. The average molecular weight is 240 g/mol. The maximum Gasteiger partial charge on any atom is 0.0702 e. The van der Waals surface area contributed by atoms with Crippen molar-refractivity contribution < 1.29 is 4.74 Å². The van der Waals surface area contributed by atoms with Crippen molar-refractivity contribution in [3.63, 3.8) is 0 Å². The summed E-state index contributed by atoms with van der Waals surface area (Å²) in [5, 5.41) is 3.65. The lowest BCUT2D eigenvalue weighted by atomic mass is 9.97. The summed E-state index contributed by atoms with van der Waals surface area (Å²) >= 11 is 0. The Kier molecular flexibility index (Phi) is 5.26. The zero-order chi connectivity index (χ0) is 12.1. The number of nitrogens with zero attached hydrogens (tertiary/aromatic N) is 1. The molecular weight excluding hydrogens is 212 g/mol. The lowest BCUT2D eigenvalue weighted by Gasteiger charge is -2.38. The summed E-state index contributed by atoms with van der Waals surface area (Å²) in [7, 11) is 0. The van der Waals surface area contributed by atoms with Crippen LogP contribution in [0.15, 0.2) is 0 Å². The highest BCUT2D eigenvalue weighted by Crippen LogP contribution is 2.17. The molecule has 3 nitrogen and oxygen atoms in total. The van der Waals surface area contributed by atoms with E-state index in [9.17, 15) is 0 Å². The van der Waals surface area contributed by atoms with E-state index in [-0.39, 0.29) is 0 Å². The molecule has 2 saturated heterocycles. The molecule has 3 unspecified atom stereocenters. The second-order valence-electron chi connectivity index (χ2n) is 5.69. The maximum absolute atomic E-state index is 5.84. The van der Waals surface area contributed by atoms with Gasteiger partial charge in [0.05, 0.1) is 6.10 Å². The SMILES string of the molecule is CCC(C)C1CN(CC2CCCCO2)CCN1. The third-order valence-electron chi connectivity index (χ3n) is 4.36. The van der Waals surface area contributed by atoms with E-state index in [1.165, 1.54) is 38.8 Å². The Morgan fingerprint density at radius 1 is 1.41 bits per heavy atom. The van der Waals surface area contributed by atoms with E-state index in [1.54, 1.807) is 0 Å². The van der Waals surface area contributed by atoms with Crippen LogP contribution in [0.2, 0.25) is 0 Å². The molecule has 0 saturated carbocycles. The third-order valence-corrected chi connectivity index (χ3v) is 4.36. The van der Waals surface area contributed by atoms with Gasteiger partial charge in [-0.25, -0.2) is 0 Å². The van der Waals surface area contributed by atoms with Gasteiger partial charge in [-0.1, -0.05) is 20.3 Å². The van der Waals surface area contributed by atoms with Crippen LogP contribution in [-0.2, 0) is 4.74 Å². The van der Waals surface area contributed by atoms with Crippen LogP contribution < -0.4 is 5.32 Å². The first-order valence-electron chi connectivity index (χ1n) is 7.37. The van der Waals surface area contributed by atoms with Crippen molar-refractivity contribution in [3.8, 4) is 0 Å². The number of ether oxygens (including phenoxy) is 1. The first kappa shape index (κ1) is 13.3. The van der Waals surface area contributed by atoms with Gasteiger partial charge in [0.2, 0.25) is 0 Å². The molecule has 2 aliphatic rings. The van der Waals surface area contributed by atoms with E-state index in [0.29, 0.717) is 12.1 Å². The van der Waals surface area contributed by atoms with Crippen LogP contribution in [0.4, 0.5) is 0 Å². The topological polar surface area (TPSA) is 24.5 Å². The van der Waals surface area contributed by atoms with Gasteiger partial charge in [0.15, 0.2) is 0 Å². The normalized spacial score (nSPS) is 33.5. The Bertz CT molecular complexity index is 214. The van der Waals surface area contributed by atoms with Crippen LogP contribution >= 0.6 is 0 Å². The molecule has 2 rings (SSSR count). The minimum absolute atomic E-state index is 0.499. The van der Waals surface area contributed by atoms with Crippen molar-refractivity contribution >= 4 is 0 Å². The van der Waals surface area contributed by atoms with Gasteiger partial charge in [0, 0.05) is 38.8 Å². The van der Waals surface area contributed by atoms with E-state index in [0.717, 1.165) is 25.6 Å². The number of nitrogens with one attached hydrogen (secondary N) is 1. The Morgan fingerprint density at radius 2 is 2.29 bits per heavy atom. The molecule has 0 bridgehead atoms. The monoisotopic (exact) mass is 240 g/mol. The Balaban J connectivity index is 1.76. The second kappa shape index (κ2) is 6.72. The van der Waals surface area contributed by atoms with Gasteiger partial charge >= 0.3 is 0 Å². The highest BCUT2D eigenvalue weighted by molar-refractivity contribution is 4.83. The molecular formula is C14H28N2O. The standard InChI is InChI=1S/C14H28N2O/c1-3-12(2)14-11-16(8-7-15-14)10-13-6-4-5-9-17-13/h12-15H,3-11H2,1-2H3. The quantitative estimate of drug-likeness (QED) is 0.812. The second-order valence-corrected chi connectivity index (χ2v) is 5.69.